The number of nitrogens with zero attached hydrogens (tertiary/aromatic N) is 5. The van der Waals surface area contributed by atoms with Crippen molar-refractivity contribution in [3.63, 3.8) is 0 Å². The number of hydrogen-bond donors (Lipinski definition) is 1. The van der Waals surface area contributed by atoms with Crippen LogP contribution in [0.15, 0.2) is 59.3 Å². The first-order valence-corrected chi connectivity index (χ1v) is 10.6. The lowest BCUT2D eigenvalue weighted by atomic mass is 10.1. The number of nitrogens with one attached hydrogen (secondary N) is 1. The van der Waals surface area contributed by atoms with Crippen LogP contribution in [0.1, 0.15) is 36.1 Å². The van der Waals surface area contributed by atoms with Crippen molar-refractivity contribution in [2.24, 2.45) is 0 Å². The van der Waals surface area contributed by atoms with Crippen molar-refractivity contribution < 1.29 is 9.21 Å². The quantitative estimate of drug-likeness (QED) is 0.434. The molecule has 5 aromatic rings. The second-order valence-electron chi connectivity index (χ2n) is 8.01. The molecule has 8 nitrogen and oxygen atoms in total. The summed E-state index contributed by atoms with van der Waals surface area (Å²) in [5, 5.41) is 8.23. The van der Waals surface area contributed by atoms with Gasteiger partial charge in [0.15, 0.2) is 11.4 Å². The number of aryl methyl sites for hydroxylation is 1. The number of para-hydroxylation sites is 2. The minimum atomic E-state index is -0.171. The fourth-order valence-electron chi connectivity index (χ4n) is 3.99. The Morgan fingerprint density at radius 1 is 1.16 bits per heavy atom. The largest absolute Gasteiger partial charge is 0.463 e. The molecule has 0 aliphatic rings. The maximum Gasteiger partial charge on any atom is 0.252 e. The number of carbonyl (C=O) groups excluding carboxylic acids is 1. The Morgan fingerprint density at radius 3 is 2.78 bits per heavy atom. The van der Waals surface area contributed by atoms with Gasteiger partial charge in [-0.25, -0.2) is 14.6 Å². The first-order valence-electron chi connectivity index (χ1n) is 10.6. The van der Waals surface area contributed by atoms with Crippen molar-refractivity contribution in [1.29, 1.82) is 0 Å². The normalized spacial score (nSPS) is 11.6. The molecule has 0 atom stereocenters. The van der Waals surface area contributed by atoms with Crippen LogP contribution < -0.4 is 5.32 Å². The summed E-state index contributed by atoms with van der Waals surface area (Å²) in [5.74, 6) is 1.36. The summed E-state index contributed by atoms with van der Waals surface area (Å²) in [5.41, 5.74) is 3.81. The molecule has 1 aromatic carbocycles. The van der Waals surface area contributed by atoms with Gasteiger partial charge in [0.05, 0.1) is 34.4 Å². The van der Waals surface area contributed by atoms with Gasteiger partial charge >= 0.3 is 0 Å². The summed E-state index contributed by atoms with van der Waals surface area (Å²) in [6.45, 7) is 7.14. The monoisotopic (exact) mass is 428 g/mol. The van der Waals surface area contributed by atoms with Gasteiger partial charge in [-0.05, 0) is 51.1 Å². The highest BCUT2D eigenvalue weighted by Gasteiger charge is 2.19. The van der Waals surface area contributed by atoms with Crippen molar-refractivity contribution in [1.82, 2.24) is 29.6 Å². The van der Waals surface area contributed by atoms with Crippen LogP contribution in [-0.2, 0) is 6.54 Å². The molecule has 0 aliphatic heterocycles. The van der Waals surface area contributed by atoms with Gasteiger partial charge in [-0.15, -0.1) is 0 Å². The first kappa shape index (κ1) is 20.0. The summed E-state index contributed by atoms with van der Waals surface area (Å²) < 4.78 is 9.46. The molecule has 0 saturated heterocycles. The van der Waals surface area contributed by atoms with Crippen LogP contribution in [0.2, 0.25) is 0 Å². The maximum atomic E-state index is 13.2. The topological polar surface area (TPSA) is 90.8 Å². The number of aromatic nitrogens is 5. The van der Waals surface area contributed by atoms with E-state index in [2.05, 4.69) is 20.0 Å². The SMILES string of the molecule is Cc1nc2ccccc2n1CCNC(=O)c1cc(-c2ccco2)nc2c1cnn2C(C)C. The predicted molar refractivity (Wildman–Crippen MR) is 122 cm³/mol. The number of hydrogen-bond acceptors (Lipinski definition) is 5. The molecule has 32 heavy (non-hydrogen) atoms. The fraction of sp³-hybridized carbons (Fsp3) is 0.250. The summed E-state index contributed by atoms with van der Waals surface area (Å²) in [6, 6.07) is 13.5. The molecule has 0 radical (unpaired) electrons. The molecule has 1 N–H and O–H groups in total. The Morgan fingerprint density at radius 2 is 2.00 bits per heavy atom. The van der Waals surface area contributed by atoms with Crippen molar-refractivity contribution in [3.05, 3.63) is 66.3 Å². The lowest BCUT2D eigenvalue weighted by Crippen LogP contribution is -2.27. The number of imidazole rings is 1. The average molecular weight is 428 g/mol. The third-order valence-electron chi connectivity index (χ3n) is 5.54. The Bertz CT molecular complexity index is 1410. The van der Waals surface area contributed by atoms with Crippen molar-refractivity contribution in [2.45, 2.75) is 33.4 Å². The van der Waals surface area contributed by atoms with Gasteiger partial charge in [0.25, 0.3) is 5.91 Å². The summed E-state index contributed by atoms with van der Waals surface area (Å²) >= 11 is 0. The maximum absolute atomic E-state index is 13.2. The number of rotatable bonds is 6. The zero-order chi connectivity index (χ0) is 22.2. The second-order valence-corrected chi connectivity index (χ2v) is 8.01. The highest BCUT2D eigenvalue weighted by atomic mass is 16.3. The molecule has 0 fully saturated rings. The highest BCUT2D eigenvalue weighted by Crippen LogP contribution is 2.26. The lowest BCUT2D eigenvalue weighted by Gasteiger charge is -2.11. The molecule has 5 rings (SSSR count). The summed E-state index contributed by atoms with van der Waals surface area (Å²) in [6.07, 6.45) is 3.30. The molecule has 162 valence electrons. The molecule has 0 aliphatic carbocycles. The Labute approximate surface area is 184 Å². The minimum absolute atomic E-state index is 0.111. The van der Waals surface area contributed by atoms with E-state index in [1.807, 2.05) is 55.8 Å². The number of amides is 1. The smallest absolute Gasteiger partial charge is 0.252 e. The van der Waals surface area contributed by atoms with E-state index >= 15 is 0 Å². The van der Waals surface area contributed by atoms with Gasteiger partial charge in [0, 0.05) is 19.1 Å². The molecule has 4 heterocycles. The van der Waals surface area contributed by atoms with Crippen molar-refractivity contribution in [2.75, 3.05) is 6.54 Å². The lowest BCUT2D eigenvalue weighted by molar-refractivity contribution is 0.0954. The second kappa shape index (κ2) is 7.96. The number of benzene rings is 1. The van der Waals surface area contributed by atoms with Crippen LogP contribution in [0, 0.1) is 6.92 Å². The number of carbonyl (C=O) groups is 1. The molecule has 0 bridgehead atoms. The third-order valence-corrected chi connectivity index (χ3v) is 5.54. The van der Waals surface area contributed by atoms with Gasteiger partial charge in [-0.1, -0.05) is 12.1 Å². The molecular weight excluding hydrogens is 404 g/mol. The van der Waals surface area contributed by atoms with Crippen LogP contribution in [-0.4, -0.2) is 36.8 Å². The van der Waals surface area contributed by atoms with Crippen LogP contribution in [0.5, 0.6) is 0 Å². The van der Waals surface area contributed by atoms with Crippen molar-refractivity contribution >= 4 is 28.0 Å². The molecule has 1 amide bonds. The number of fused-ring (bicyclic) bond motifs is 2. The molecular formula is C24H24N6O2. The van der Waals surface area contributed by atoms with Crippen molar-refractivity contribution in [3.8, 4) is 11.5 Å². The van der Waals surface area contributed by atoms with Crippen LogP contribution in [0.4, 0.5) is 0 Å². The number of furan rings is 1. The number of pyridine rings is 1. The van der Waals surface area contributed by atoms with E-state index in [1.54, 1.807) is 24.6 Å². The van der Waals surface area contributed by atoms with E-state index in [9.17, 15) is 4.79 Å². The summed E-state index contributed by atoms with van der Waals surface area (Å²) in [4.78, 5) is 22.5. The summed E-state index contributed by atoms with van der Waals surface area (Å²) in [7, 11) is 0. The van der Waals surface area contributed by atoms with Crippen LogP contribution in [0.3, 0.4) is 0 Å². The van der Waals surface area contributed by atoms with E-state index in [4.69, 9.17) is 9.40 Å². The van der Waals surface area contributed by atoms with Gasteiger partial charge in [-0.2, -0.15) is 5.10 Å². The molecule has 0 saturated carbocycles. The van der Waals surface area contributed by atoms with Crippen LogP contribution >= 0.6 is 0 Å². The third kappa shape index (κ3) is 3.43. The van der Waals surface area contributed by atoms with Crippen LogP contribution in [0.25, 0.3) is 33.5 Å². The molecule has 8 heteroatoms. The van der Waals surface area contributed by atoms with E-state index in [-0.39, 0.29) is 11.9 Å². The standard InChI is InChI=1S/C24H24N6O2/c1-15(2)30-23-18(14-26-30)17(13-20(28-23)22-9-6-12-32-22)24(31)25-10-11-29-16(3)27-19-7-4-5-8-21(19)29/h4-9,12-15H,10-11H2,1-3H3,(H,25,31). The zero-order valence-corrected chi connectivity index (χ0v) is 18.2. The van der Waals surface area contributed by atoms with E-state index < -0.39 is 0 Å². The first-order chi connectivity index (χ1) is 15.5. The zero-order valence-electron chi connectivity index (χ0n) is 18.2. The van der Waals surface area contributed by atoms with Gasteiger partial charge < -0.3 is 14.3 Å². The van der Waals surface area contributed by atoms with E-state index in [0.717, 1.165) is 22.2 Å². The van der Waals surface area contributed by atoms with E-state index in [0.29, 0.717) is 35.8 Å². The molecule has 0 spiro atoms. The Kier molecular flexibility index (Phi) is 4.97. The van der Waals surface area contributed by atoms with Gasteiger partial charge in [-0.3, -0.25) is 4.79 Å². The Balaban J connectivity index is 1.44. The van der Waals surface area contributed by atoms with Gasteiger partial charge in [0.1, 0.15) is 11.5 Å². The minimum Gasteiger partial charge on any atom is -0.463 e. The molecule has 4 aromatic heterocycles. The predicted octanol–water partition coefficient (Wildman–Crippen LogP) is 4.36. The fourth-order valence-corrected chi connectivity index (χ4v) is 3.99. The average Bonchev–Trinajstić information content (AvgIpc) is 3.52. The van der Waals surface area contributed by atoms with Gasteiger partial charge in [0.2, 0.25) is 0 Å². The highest BCUT2D eigenvalue weighted by molar-refractivity contribution is 6.06. The van der Waals surface area contributed by atoms with E-state index in [1.165, 1.54) is 0 Å². The molecule has 0 unspecified atom stereocenters. The Hall–Kier alpha value is -3.94.